The first-order chi connectivity index (χ1) is 9.95. The first-order valence-electron chi connectivity index (χ1n) is 5.98. The molecule has 7 heteroatoms. The van der Waals surface area contributed by atoms with E-state index >= 15 is 0 Å². The van der Waals surface area contributed by atoms with Crippen molar-refractivity contribution >= 4 is 23.6 Å². The molecule has 7 nitrogen and oxygen atoms in total. The predicted octanol–water partition coefficient (Wildman–Crippen LogP) is 2.85. The molecule has 1 amide bonds. The fraction of sp³-hybridized carbons (Fsp3) is 0.0714. The van der Waals surface area contributed by atoms with Crippen molar-refractivity contribution in [3.05, 3.63) is 57.8 Å². The first-order valence-corrected chi connectivity index (χ1v) is 5.98. The third-order valence-electron chi connectivity index (χ3n) is 2.60. The Balaban J connectivity index is 2.03. The van der Waals surface area contributed by atoms with Crippen molar-refractivity contribution in [1.29, 1.82) is 0 Å². The monoisotopic (exact) mass is 288 g/mol. The number of anilines is 1. The molecule has 21 heavy (non-hydrogen) atoms. The number of aryl methyl sites for hydroxylation is 1. The molecular formula is C14H12N2O5. The Hall–Kier alpha value is -3.09. The Kier molecular flexibility index (Phi) is 4.03. The fourth-order valence-corrected chi connectivity index (χ4v) is 1.61. The van der Waals surface area contributed by atoms with Crippen molar-refractivity contribution in [1.82, 2.24) is 0 Å². The minimum atomic E-state index is -0.665. The summed E-state index contributed by atoms with van der Waals surface area (Å²) in [6.45, 7) is 1.81. The lowest BCUT2D eigenvalue weighted by molar-refractivity contribution is -0.402. The maximum atomic E-state index is 11.7. The van der Waals surface area contributed by atoms with E-state index in [1.54, 1.807) is 12.1 Å². The molecule has 2 aromatic rings. The van der Waals surface area contributed by atoms with Crippen molar-refractivity contribution in [2.75, 3.05) is 5.32 Å². The average molecular weight is 288 g/mol. The Morgan fingerprint density at radius 1 is 1.38 bits per heavy atom. The molecular weight excluding hydrogens is 276 g/mol. The Bertz CT molecular complexity index is 718. The van der Waals surface area contributed by atoms with Gasteiger partial charge in [0.2, 0.25) is 5.91 Å². The van der Waals surface area contributed by atoms with E-state index in [-0.39, 0.29) is 17.2 Å². The maximum Gasteiger partial charge on any atom is 0.433 e. The van der Waals surface area contributed by atoms with Gasteiger partial charge in [-0.3, -0.25) is 14.9 Å². The van der Waals surface area contributed by atoms with Gasteiger partial charge in [0.05, 0.1) is 11.8 Å². The SMILES string of the molecule is Cc1ccc(NC(=O)/C=C/c2ccc([N+](=O)[O-])o2)c(O)c1. The minimum Gasteiger partial charge on any atom is -0.506 e. The van der Waals surface area contributed by atoms with E-state index in [0.717, 1.165) is 11.6 Å². The van der Waals surface area contributed by atoms with E-state index in [4.69, 9.17) is 4.42 Å². The molecule has 0 aliphatic rings. The van der Waals surface area contributed by atoms with Crippen molar-refractivity contribution in [2.45, 2.75) is 6.92 Å². The number of nitrogens with one attached hydrogen (secondary N) is 1. The summed E-state index contributed by atoms with van der Waals surface area (Å²) in [4.78, 5) is 21.5. The number of nitrogens with zero attached hydrogens (tertiary/aromatic N) is 1. The van der Waals surface area contributed by atoms with E-state index < -0.39 is 16.7 Å². The van der Waals surface area contributed by atoms with Gasteiger partial charge in [-0.2, -0.15) is 0 Å². The fourth-order valence-electron chi connectivity index (χ4n) is 1.61. The highest BCUT2D eigenvalue weighted by molar-refractivity contribution is 6.02. The summed E-state index contributed by atoms with van der Waals surface area (Å²) >= 11 is 0. The lowest BCUT2D eigenvalue weighted by Gasteiger charge is -2.05. The largest absolute Gasteiger partial charge is 0.506 e. The Labute approximate surface area is 119 Å². The molecule has 0 atom stereocenters. The van der Waals surface area contributed by atoms with E-state index in [1.807, 2.05) is 6.92 Å². The van der Waals surface area contributed by atoms with Crippen molar-refractivity contribution in [3.63, 3.8) is 0 Å². The highest BCUT2D eigenvalue weighted by Gasteiger charge is 2.10. The summed E-state index contributed by atoms with van der Waals surface area (Å²) < 4.78 is 4.87. The second-order valence-corrected chi connectivity index (χ2v) is 4.28. The van der Waals surface area contributed by atoms with Crippen molar-refractivity contribution in [2.24, 2.45) is 0 Å². The van der Waals surface area contributed by atoms with Gasteiger partial charge in [-0.25, -0.2) is 0 Å². The number of aromatic hydroxyl groups is 1. The molecule has 0 saturated carbocycles. The van der Waals surface area contributed by atoms with Gasteiger partial charge in [0.15, 0.2) is 0 Å². The third kappa shape index (κ3) is 3.69. The number of carbonyl (C=O) groups is 1. The highest BCUT2D eigenvalue weighted by atomic mass is 16.6. The summed E-state index contributed by atoms with van der Waals surface area (Å²) in [5, 5.41) is 22.6. The zero-order chi connectivity index (χ0) is 15.4. The molecule has 2 N–H and O–H groups in total. The zero-order valence-electron chi connectivity index (χ0n) is 11.1. The number of phenolic OH excluding ortho intramolecular Hbond substituents is 1. The smallest absolute Gasteiger partial charge is 0.433 e. The summed E-state index contributed by atoms with van der Waals surface area (Å²) in [5.74, 6) is -0.741. The number of hydrogen-bond donors (Lipinski definition) is 2. The van der Waals surface area contributed by atoms with Crippen LogP contribution in [0.3, 0.4) is 0 Å². The predicted molar refractivity (Wildman–Crippen MR) is 75.9 cm³/mol. The first kappa shape index (κ1) is 14.3. The molecule has 0 fully saturated rings. The molecule has 108 valence electrons. The average Bonchev–Trinajstić information content (AvgIpc) is 2.89. The maximum absolute atomic E-state index is 11.7. The molecule has 0 aliphatic heterocycles. The Morgan fingerprint density at radius 2 is 2.14 bits per heavy atom. The van der Waals surface area contributed by atoms with Gasteiger partial charge in [0.1, 0.15) is 16.4 Å². The molecule has 0 unspecified atom stereocenters. The standard InChI is InChI=1S/C14H12N2O5/c1-9-2-5-11(12(17)8-9)15-13(18)6-3-10-4-7-14(21-10)16(19)20/h2-8,17H,1H3,(H,15,18)/b6-3+. The van der Waals surface area contributed by atoms with Crippen LogP contribution in [0.4, 0.5) is 11.6 Å². The third-order valence-corrected chi connectivity index (χ3v) is 2.60. The molecule has 0 radical (unpaired) electrons. The topological polar surface area (TPSA) is 106 Å². The summed E-state index contributed by atoms with van der Waals surface area (Å²) in [6.07, 6.45) is 2.45. The number of phenols is 1. The van der Waals surface area contributed by atoms with Gasteiger partial charge in [0, 0.05) is 6.08 Å². The van der Waals surface area contributed by atoms with Crippen molar-refractivity contribution < 1.29 is 19.2 Å². The molecule has 1 heterocycles. The molecule has 0 aliphatic carbocycles. The lowest BCUT2D eigenvalue weighted by atomic mass is 10.2. The van der Waals surface area contributed by atoms with E-state index in [0.29, 0.717) is 0 Å². The Morgan fingerprint density at radius 3 is 2.76 bits per heavy atom. The van der Waals surface area contributed by atoms with Crippen LogP contribution in [-0.4, -0.2) is 15.9 Å². The summed E-state index contributed by atoms with van der Waals surface area (Å²) in [7, 11) is 0. The van der Waals surface area contributed by atoms with Gasteiger partial charge in [-0.1, -0.05) is 6.07 Å². The van der Waals surface area contributed by atoms with Crippen molar-refractivity contribution in [3.8, 4) is 5.75 Å². The van der Waals surface area contributed by atoms with Gasteiger partial charge >= 0.3 is 5.88 Å². The van der Waals surface area contributed by atoms with Gasteiger partial charge in [0.25, 0.3) is 0 Å². The summed E-state index contributed by atoms with van der Waals surface area (Å²) in [5.41, 5.74) is 1.14. The van der Waals surface area contributed by atoms with Gasteiger partial charge in [-0.05, 0) is 36.8 Å². The van der Waals surface area contributed by atoms with E-state index in [9.17, 15) is 20.0 Å². The molecule has 2 rings (SSSR count). The van der Waals surface area contributed by atoms with Crippen LogP contribution in [-0.2, 0) is 4.79 Å². The molecule has 0 bridgehead atoms. The summed E-state index contributed by atoms with van der Waals surface area (Å²) in [6, 6.07) is 7.42. The molecule has 1 aromatic carbocycles. The quantitative estimate of drug-likeness (QED) is 0.389. The second-order valence-electron chi connectivity index (χ2n) is 4.28. The number of carbonyl (C=O) groups excluding carboxylic acids is 1. The van der Waals surface area contributed by atoms with Gasteiger partial charge < -0.3 is 14.8 Å². The van der Waals surface area contributed by atoms with E-state index in [1.165, 1.54) is 24.3 Å². The number of furan rings is 1. The van der Waals surface area contributed by atoms with Crippen LogP contribution in [0, 0.1) is 17.0 Å². The van der Waals surface area contributed by atoms with Crippen LogP contribution in [0.15, 0.2) is 40.8 Å². The van der Waals surface area contributed by atoms with E-state index in [2.05, 4.69) is 5.32 Å². The van der Waals surface area contributed by atoms with Crippen LogP contribution in [0.1, 0.15) is 11.3 Å². The number of benzene rings is 1. The van der Waals surface area contributed by atoms with Crippen LogP contribution in [0.5, 0.6) is 5.75 Å². The van der Waals surface area contributed by atoms with Crippen LogP contribution >= 0.6 is 0 Å². The number of rotatable bonds is 4. The minimum absolute atomic E-state index is 0.0367. The number of nitro groups is 1. The number of amides is 1. The normalized spacial score (nSPS) is 10.7. The molecule has 0 saturated heterocycles. The zero-order valence-corrected chi connectivity index (χ0v) is 11.1. The lowest BCUT2D eigenvalue weighted by Crippen LogP contribution is -2.07. The molecule has 0 spiro atoms. The van der Waals surface area contributed by atoms with Crippen LogP contribution in [0.2, 0.25) is 0 Å². The van der Waals surface area contributed by atoms with Crippen LogP contribution < -0.4 is 5.32 Å². The molecule has 1 aromatic heterocycles. The van der Waals surface area contributed by atoms with Crippen LogP contribution in [0.25, 0.3) is 6.08 Å². The highest BCUT2D eigenvalue weighted by Crippen LogP contribution is 2.24. The number of hydrogen-bond acceptors (Lipinski definition) is 5. The second kappa shape index (κ2) is 5.91. The van der Waals surface area contributed by atoms with Gasteiger partial charge in [-0.15, -0.1) is 0 Å².